The second kappa shape index (κ2) is 7.54. The Labute approximate surface area is 142 Å². The number of amides is 1. The number of carbonyl (C=O) groups is 2. The van der Waals surface area contributed by atoms with Gasteiger partial charge >= 0.3 is 11.6 Å². The summed E-state index contributed by atoms with van der Waals surface area (Å²) in [4.78, 5) is 38.5. The van der Waals surface area contributed by atoms with Gasteiger partial charge in [-0.1, -0.05) is 6.58 Å². The summed E-state index contributed by atoms with van der Waals surface area (Å²) < 4.78 is 5.11. The van der Waals surface area contributed by atoms with Gasteiger partial charge in [-0.2, -0.15) is 0 Å². The van der Waals surface area contributed by atoms with E-state index in [9.17, 15) is 14.4 Å². The molecule has 1 aromatic carbocycles. The van der Waals surface area contributed by atoms with Gasteiger partial charge in [-0.3, -0.25) is 9.79 Å². The van der Waals surface area contributed by atoms with Gasteiger partial charge in [0, 0.05) is 29.8 Å². The molecule has 4 N–H and O–H groups in total. The lowest BCUT2D eigenvalue weighted by Crippen LogP contribution is -2.31. The summed E-state index contributed by atoms with van der Waals surface area (Å²) in [6.07, 6.45) is 1.15. The Kier molecular flexibility index (Phi) is 5.45. The van der Waals surface area contributed by atoms with Gasteiger partial charge in [0.15, 0.2) is 6.04 Å². The second-order valence-corrected chi connectivity index (χ2v) is 5.22. The molecule has 8 nitrogen and oxygen atoms in total. The molecule has 0 saturated heterocycles. The van der Waals surface area contributed by atoms with E-state index in [0.29, 0.717) is 11.3 Å². The van der Waals surface area contributed by atoms with Crippen LogP contribution in [0.15, 0.2) is 51.1 Å². The number of aliphatic carboxylic acids is 1. The highest BCUT2D eigenvalue weighted by atomic mass is 16.4. The first-order valence-corrected chi connectivity index (χ1v) is 7.34. The van der Waals surface area contributed by atoms with E-state index in [1.54, 1.807) is 19.1 Å². The monoisotopic (exact) mass is 343 g/mol. The van der Waals surface area contributed by atoms with Crippen LogP contribution >= 0.6 is 0 Å². The first-order chi connectivity index (χ1) is 11.8. The number of aliphatic imine (C=N–C) groups is 1. The molecule has 0 saturated carbocycles. The molecule has 1 amide bonds. The first kappa shape index (κ1) is 18.1. The molecule has 2 aromatic rings. The van der Waals surface area contributed by atoms with Crippen LogP contribution in [0.4, 0.5) is 5.69 Å². The maximum atomic E-state index is 12.2. The molecule has 2 rings (SSSR count). The van der Waals surface area contributed by atoms with E-state index < -0.39 is 23.5 Å². The van der Waals surface area contributed by atoms with E-state index in [1.165, 1.54) is 12.1 Å². The molecule has 0 bridgehead atoms. The number of nitrogens with two attached hydrogens (primary N) is 1. The Bertz CT molecular complexity index is 930. The summed E-state index contributed by atoms with van der Waals surface area (Å²) in [6, 6.07) is 4.97. The van der Waals surface area contributed by atoms with Crippen molar-refractivity contribution < 1.29 is 19.1 Å². The molecule has 0 fully saturated rings. The van der Waals surface area contributed by atoms with Gasteiger partial charge in [-0.25, -0.2) is 9.59 Å². The van der Waals surface area contributed by atoms with Gasteiger partial charge in [-0.05, 0) is 30.7 Å². The topological polar surface area (TPSA) is 135 Å². The van der Waals surface area contributed by atoms with Crippen LogP contribution in [0.25, 0.3) is 11.0 Å². The van der Waals surface area contributed by atoms with Crippen molar-refractivity contribution in [3.05, 3.63) is 52.9 Å². The first-order valence-electron chi connectivity index (χ1n) is 7.34. The zero-order valence-corrected chi connectivity index (χ0v) is 13.5. The summed E-state index contributed by atoms with van der Waals surface area (Å²) in [5.41, 5.74) is 6.11. The van der Waals surface area contributed by atoms with Crippen LogP contribution in [0.1, 0.15) is 5.56 Å². The Hall–Kier alpha value is -3.26. The quantitative estimate of drug-likeness (QED) is 0.530. The van der Waals surface area contributed by atoms with Gasteiger partial charge < -0.3 is 20.6 Å². The van der Waals surface area contributed by atoms with Crippen molar-refractivity contribution in [1.82, 2.24) is 0 Å². The minimum atomic E-state index is -1.24. The number of carboxylic acids is 1. The number of rotatable bonds is 6. The summed E-state index contributed by atoms with van der Waals surface area (Å²) in [7, 11) is 0. The second-order valence-electron chi connectivity index (χ2n) is 5.22. The molecule has 1 unspecified atom stereocenters. The number of hydrogen-bond donors (Lipinski definition) is 3. The van der Waals surface area contributed by atoms with Gasteiger partial charge in [0.25, 0.3) is 5.91 Å². The lowest BCUT2D eigenvalue weighted by atomic mass is 10.1. The van der Waals surface area contributed by atoms with Crippen LogP contribution in [0.5, 0.6) is 0 Å². The molecule has 0 radical (unpaired) electrons. The fourth-order valence-electron chi connectivity index (χ4n) is 2.18. The van der Waals surface area contributed by atoms with Crippen LogP contribution in [-0.4, -0.2) is 35.3 Å². The van der Waals surface area contributed by atoms with Gasteiger partial charge in [0.2, 0.25) is 0 Å². The van der Waals surface area contributed by atoms with E-state index in [2.05, 4.69) is 16.9 Å². The largest absolute Gasteiger partial charge is 0.480 e. The van der Waals surface area contributed by atoms with Crippen LogP contribution in [-0.2, 0) is 9.59 Å². The number of nitrogens with one attached hydrogen (secondary N) is 1. The van der Waals surface area contributed by atoms with E-state index >= 15 is 0 Å². The molecule has 1 heterocycles. The molecule has 0 aliphatic heterocycles. The highest BCUT2D eigenvalue weighted by molar-refractivity contribution is 6.47. The molecule has 1 atom stereocenters. The average Bonchev–Trinajstić information content (AvgIpc) is 2.54. The standard InChI is InChI=1S/C17H17N3O5/c1-3-12(20-13(8-18)17(23)24)16(22)19-10-4-5-11-9(2)6-15(21)25-14(11)7-10/h3-7,13H,1,8,18H2,2H3,(H,19,22)(H,23,24). The fourth-order valence-corrected chi connectivity index (χ4v) is 2.18. The predicted molar refractivity (Wildman–Crippen MR) is 94.0 cm³/mol. The Balaban J connectivity index is 2.31. The van der Waals surface area contributed by atoms with E-state index in [0.717, 1.165) is 17.0 Å². The molecule has 1 aromatic heterocycles. The van der Waals surface area contributed by atoms with Crippen molar-refractivity contribution in [2.45, 2.75) is 13.0 Å². The third kappa shape index (κ3) is 4.18. The number of carbonyl (C=O) groups excluding carboxylic acids is 1. The Morgan fingerprint density at radius 1 is 1.44 bits per heavy atom. The lowest BCUT2D eigenvalue weighted by Gasteiger charge is -2.09. The molecule has 8 heteroatoms. The van der Waals surface area contributed by atoms with E-state index in [4.69, 9.17) is 15.3 Å². The zero-order chi connectivity index (χ0) is 18.6. The Morgan fingerprint density at radius 2 is 2.16 bits per heavy atom. The van der Waals surface area contributed by atoms with Gasteiger partial charge in [-0.15, -0.1) is 0 Å². The maximum absolute atomic E-state index is 12.2. The minimum Gasteiger partial charge on any atom is -0.480 e. The van der Waals surface area contributed by atoms with Crippen molar-refractivity contribution in [2.24, 2.45) is 10.7 Å². The number of anilines is 1. The molecular weight excluding hydrogens is 326 g/mol. The predicted octanol–water partition coefficient (Wildman–Crippen LogP) is 1.08. The smallest absolute Gasteiger partial charge is 0.336 e. The number of fused-ring (bicyclic) bond motifs is 1. The highest BCUT2D eigenvalue weighted by Crippen LogP contribution is 2.20. The molecule has 130 valence electrons. The van der Waals surface area contributed by atoms with Crippen LogP contribution in [0.3, 0.4) is 0 Å². The summed E-state index contributed by atoms with van der Waals surface area (Å²) in [6.45, 7) is 4.99. The van der Waals surface area contributed by atoms with Crippen molar-refractivity contribution in [1.29, 1.82) is 0 Å². The van der Waals surface area contributed by atoms with Crippen LogP contribution in [0, 0.1) is 6.92 Å². The van der Waals surface area contributed by atoms with E-state index in [1.807, 2.05) is 0 Å². The summed E-state index contributed by atoms with van der Waals surface area (Å²) >= 11 is 0. The average molecular weight is 343 g/mol. The molecule has 0 spiro atoms. The van der Waals surface area contributed by atoms with Crippen LogP contribution in [0.2, 0.25) is 0 Å². The number of aryl methyl sites for hydroxylation is 1. The number of hydrogen-bond acceptors (Lipinski definition) is 6. The van der Waals surface area contributed by atoms with Gasteiger partial charge in [0.1, 0.15) is 11.3 Å². The highest BCUT2D eigenvalue weighted by Gasteiger charge is 2.17. The normalized spacial score (nSPS) is 12.6. The molecule has 0 aliphatic rings. The number of nitrogens with zero attached hydrogens (tertiary/aromatic N) is 1. The molecule has 25 heavy (non-hydrogen) atoms. The van der Waals surface area contributed by atoms with E-state index in [-0.39, 0.29) is 12.3 Å². The SMILES string of the molecule is C=CC(=NC(CN)C(=O)O)C(=O)Nc1ccc2c(C)cc(=O)oc2c1. The maximum Gasteiger partial charge on any atom is 0.336 e. The molecular formula is C17H17N3O5. The summed E-state index contributed by atoms with van der Waals surface area (Å²) in [5.74, 6) is -1.89. The third-order valence-electron chi connectivity index (χ3n) is 3.44. The summed E-state index contributed by atoms with van der Waals surface area (Å²) in [5, 5.41) is 12.3. The lowest BCUT2D eigenvalue weighted by molar-refractivity contribution is -0.138. The zero-order valence-electron chi connectivity index (χ0n) is 13.5. The fraction of sp³-hybridized carbons (Fsp3) is 0.176. The minimum absolute atomic E-state index is 0.163. The van der Waals surface area contributed by atoms with Crippen molar-refractivity contribution in [2.75, 3.05) is 11.9 Å². The third-order valence-corrected chi connectivity index (χ3v) is 3.44. The van der Waals surface area contributed by atoms with Gasteiger partial charge in [0.05, 0.1) is 0 Å². The van der Waals surface area contributed by atoms with Crippen LogP contribution < -0.4 is 16.7 Å². The van der Waals surface area contributed by atoms with Crippen molar-refractivity contribution >= 4 is 34.2 Å². The number of carboxylic acid groups (broad SMARTS) is 1. The number of benzene rings is 1. The van der Waals surface area contributed by atoms with Crippen molar-refractivity contribution in [3.8, 4) is 0 Å². The van der Waals surface area contributed by atoms with Crippen molar-refractivity contribution in [3.63, 3.8) is 0 Å². The Morgan fingerprint density at radius 3 is 2.76 bits per heavy atom. The molecule has 0 aliphatic carbocycles.